The van der Waals surface area contributed by atoms with Gasteiger partial charge < -0.3 is 24.0 Å². The molecule has 0 unspecified atom stereocenters. The Labute approximate surface area is 246 Å². The van der Waals surface area contributed by atoms with Gasteiger partial charge in [0.15, 0.2) is 0 Å². The van der Waals surface area contributed by atoms with Gasteiger partial charge in [-0.1, -0.05) is 23.2 Å². The molecule has 0 N–H and O–H groups in total. The lowest BCUT2D eigenvalue weighted by Crippen LogP contribution is -2.51. The van der Waals surface area contributed by atoms with Crippen LogP contribution in [0.3, 0.4) is 0 Å². The summed E-state index contributed by atoms with van der Waals surface area (Å²) in [6.07, 6.45) is 1.21. The number of likely N-dealkylation sites (N-methyl/N-ethyl adjacent to an activating group) is 1. The van der Waals surface area contributed by atoms with Gasteiger partial charge >= 0.3 is 0 Å². The normalized spacial score (nSPS) is 18.4. The van der Waals surface area contributed by atoms with Crippen LogP contribution in [-0.4, -0.2) is 95.6 Å². The highest BCUT2D eigenvalue weighted by molar-refractivity contribution is 7.89. The van der Waals surface area contributed by atoms with Crippen LogP contribution in [0.25, 0.3) is 0 Å². The van der Waals surface area contributed by atoms with E-state index < -0.39 is 15.4 Å². The fourth-order valence-corrected chi connectivity index (χ4v) is 7.21. The molecule has 0 aromatic heterocycles. The Morgan fingerprint density at radius 1 is 0.925 bits per heavy atom. The zero-order chi connectivity index (χ0) is 29.1. The Balaban J connectivity index is 1.54. The minimum atomic E-state index is -3.92. The number of amides is 1. The number of hydrogen-bond acceptors (Lipinski definition) is 7. The summed E-state index contributed by atoms with van der Waals surface area (Å²) in [4.78, 5) is 17.5. The van der Waals surface area contributed by atoms with Crippen molar-refractivity contribution in [1.29, 1.82) is 0 Å². The molecule has 0 atom stereocenters. The lowest BCUT2D eigenvalue weighted by molar-refractivity contribution is -0.136. The van der Waals surface area contributed by atoms with Gasteiger partial charge in [-0.3, -0.25) is 4.79 Å². The third-order valence-corrected chi connectivity index (χ3v) is 10.5. The predicted molar refractivity (Wildman–Crippen MR) is 155 cm³/mol. The van der Waals surface area contributed by atoms with Gasteiger partial charge in [0.1, 0.15) is 22.1 Å². The number of piperazine rings is 1. The standard InChI is InChI=1S/C28H37Cl2N3O6S/c1-20-15-21(5-6-22(20)29)39-19-28(18-27(34)32-13-11-31(2)12-14-32)7-9-33(10-8-28)40(35,36)26-16-23(30)24(37-3)17-25(26)38-4/h5-6,15-17H,7-14,18-19H2,1-4H3. The number of sulfonamides is 1. The summed E-state index contributed by atoms with van der Waals surface area (Å²) in [7, 11) is 0.985. The van der Waals surface area contributed by atoms with Gasteiger partial charge in [0.25, 0.3) is 0 Å². The van der Waals surface area contributed by atoms with E-state index in [4.69, 9.17) is 37.4 Å². The SMILES string of the molecule is COc1cc(OC)c(S(=O)(=O)N2CCC(COc3ccc(Cl)c(C)c3)(CC(=O)N3CCN(C)CC3)CC2)cc1Cl. The van der Waals surface area contributed by atoms with E-state index in [9.17, 15) is 13.2 Å². The van der Waals surface area contributed by atoms with Gasteiger partial charge in [-0.2, -0.15) is 4.31 Å². The highest BCUT2D eigenvalue weighted by Gasteiger charge is 2.42. The zero-order valence-corrected chi connectivity index (χ0v) is 25.7. The first-order valence-electron chi connectivity index (χ1n) is 13.2. The Morgan fingerprint density at radius 3 is 2.17 bits per heavy atom. The number of halogens is 2. The molecule has 12 heteroatoms. The van der Waals surface area contributed by atoms with Crippen molar-refractivity contribution in [2.75, 3.05) is 67.1 Å². The van der Waals surface area contributed by atoms with Crippen molar-refractivity contribution in [1.82, 2.24) is 14.1 Å². The Hall–Kier alpha value is -2.24. The van der Waals surface area contributed by atoms with Gasteiger partial charge in [0, 0.05) is 62.2 Å². The van der Waals surface area contributed by atoms with E-state index >= 15 is 0 Å². The minimum Gasteiger partial charge on any atom is -0.495 e. The zero-order valence-electron chi connectivity index (χ0n) is 23.4. The van der Waals surface area contributed by atoms with E-state index in [1.807, 2.05) is 31.0 Å². The highest BCUT2D eigenvalue weighted by Crippen LogP contribution is 2.41. The number of piperidine rings is 1. The fourth-order valence-electron chi connectivity index (χ4n) is 5.18. The molecule has 2 aromatic carbocycles. The second kappa shape index (κ2) is 12.7. The van der Waals surface area contributed by atoms with Crippen LogP contribution in [0.15, 0.2) is 35.2 Å². The molecule has 2 aliphatic heterocycles. The summed E-state index contributed by atoms with van der Waals surface area (Å²) in [5.74, 6) is 1.22. The molecule has 2 fully saturated rings. The Morgan fingerprint density at radius 2 is 1.57 bits per heavy atom. The number of rotatable bonds is 9. The van der Waals surface area contributed by atoms with E-state index in [2.05, 4.69) is 4.90 Å². The quantitative estimate of drug-likeness (QED) is 0.416. The topological polar surface area (TPSA) is 88.6 Å². The maximum atomic E-state index is 13.7. The molecule has 2 aromatic rings. The maximum Gasteiger partial charge on any atom is 0.246 e. The minimum absolute atomic E-state index is 0.0188. The molecule has 220 valence electrons. The largest absolute Gasteiger partial charge is 0.495 e. The summed E-state index contributed by atoms with van der Waals surface area (Å²) >= 11 is 12.5. The van der Waals surface area contributed by atoms with Gasteiger partial charge in [0.2, 0.25) is 15.9 Å². The van der Waals surface area contributed by atoms with Crippen LogP contribution in [0.4, 0.5) is 0 Å². The monoisotopic (exact) mass is 613 g/mol. The summed E-state index contributed by atoms with van der Waals surface area (Å²) in [5, 5.41) is 0.831. The van der Waals surface area contributed by atoms with Crippen LogP contribution in [0.5, 0.6) is 17.2 Å². The predicted octanol–water partition coefficient (Wildman–Crippen LogP) is 4.33. The fraction of sp³-hybridized carbons (Fsp3) is 0.536. The number of hydrogen-bond donors (Lipinski definition) is 0. The van der Waals surface area contributed by atoms with Crippen LogP contribution in [-0.2, 0) is 14.8 Å². The molecule has 40 heavy (non-hydrogen) atoms. The number of benzene rings is 2. The van der Waals surface area contributed by atoms with Crippen LogP contribution in [0.1, 0.15) is 24.8 Å². The van der Waals surface area contributed by atoms with E-state index in [1.54, 1.807) is 6.07 Å². The number of ether oxygens (including phenoxy) is 3. The van der Waals surface area contributed by atoms with Crippen LogP contribution < -0.4 is 14.2 Å². The molecular formula is C28H37Cl2N3O6S. The highest BCUT2D eigenvalue weighted by atomic mass is 35.5. The number of aryl methyl sites for hydroxylation is 1. The molecule has 9 nitrogen and oxygen atoms in total. The molecule has 1 amide bonds. The Bertz CT molecular complexity index is 1320. The Kier molecular flexibility index (Phi) is 9.78. The molecule has 2 saturated heterocycles. The number of carbonyl (C=O) groups excluding carboxylic acids is 1. The first-order chi connectivity index (χ1) is 19.0. The lowest BCUT2D eigenvalue weighted by atomic mass is 9.76. The van der Waals surface area contributed by atoms with Crippen molar-refractivity contribution >= 4 is 39.1 Å². The van der Waals surface area contributed by atoms with E-state index in [0.717, 1.165) is 18.7 Å². The number of carbonyl (C=O) groups is 1. The summed E-state index contributed by atoms with van der Waals surface area (Å²) in [6.45, 7) is 5.68. The second-order valence-electron chi connectivity index (χ2n) is 10.6. The van der Waals surface area contributed by atoms with Crippen LogP contribution in [0, 0.1) is 12.3 Å². The molecule has 2 heterocycles. The molecular weight excluding hydrogens is 577 g/mol. The maximum absolute atomic E-state index is 13.7. The van der Waals surface area contributed by atoms with Gasteiger partial charge in [0.05, 0.1) is 25.8 Å². The number of nitrogens with zero attached hydrogens (tertiary/aromatic N) is 3. The summed E-state index contributed by atoms with van der Waals surface area (Å²) in [6, 6.07) is 8.30. The average molecular weight is 615 g/mol. The second-order valence-corrected chi connectivity index (χ2v) is 13.3. The molecule has 4 rings (SSSR count). The van der Waals surface area contributed by atoms with E-state index in [-0.39, 0.29) is 41.1 Å². The van der Waals surface area contributed by atoms with Crippen molar-refractivity contribution in [2.45, 2.75) is 31.1 Å². The smallest absolute Gasteiger partial charge is 0.246 e. The first kappa shape index (κ1) is 30.7. The molecule has 0 radical (unpaired) electrons. The van der Waals surface area contributed by atoms with Crippen LogP contribution >= 0.6 is 23.2 Å². The molecule has 2 aliphatic rings. The molecule has 0 aliphatic carbocycles. The van der Waals surface area contributed by atoms with Crippen molar-refractivity contribution in [3.63, 3.8) is 0 Å². The third-order valence-electron chi connectivity index (χ3n) is 7.90. The van der Waals surface area contributed by atoms with E-state index in [0.29, 0.717) is 49.1 Å². The summed E-state index contributed by atoms with van der Waals surface area (Å²) in [5.41, 5.74) is 0.372. The molecule has 0 spiro atoms. The van der Waals surface area contributed by atoms with Crippen LogP contribution in [0.2, 0.25) is 10.0 Å². The lowest BCUT2D eigenvalue weighted by Gasteiger charge is -2.42. The summed E-state index contributed by atoms with van der Waals surface area (Å²) < 4.78 is 45.6. The van der Waals surface area contributed by atoms with Crippen molar-refractivity contribution in [3.8, 4) is 17.2 Å². The van der Waals surface area contributed by atoms with Gasteiger partial charge in [-0.05, 0) is 56.6 Å². The van der Waals surface area contributed by atoms with Gasteiger partial charge in [-0.25, -0.2) is 8.42 Å². The van der Waals surface area contributed by atoms with Crippen molar-refractivity contribution in [3.05, 3.63) is 45.9 Å². The average Bonchev–Trinajstić information content (AvgIpc) is 2.94. The molecule has 0 bridgehead atoms. The number of methoxy groups -OCH3 is 2. The molecule has 0 saturated carbocycles. The van der Waals surface area contributed by atoms with E-state index in [1.165, 1.54) is 30.7 Å². The van der Waals surface area contributed by atoms with Crippen molar-refractivity contribution < 1.29 is 27.4 Å². The van der Waals surface area contributed by atoms with Gasteiger partial charge in [-0.15, -0.1) is 0 Å². The van der Waals surface area contributed by atoms with Crippen molar-refractivity contribution in [2.24, 2.45) is 5.41 Å². The first-order valence-corrected chi connectivity index (χ1v) is 15.4. The third kappa shape index (κ3) is 6.79.